The van der Waals surface area contributed by atoms with Crippen LogP contribution in [0.15, 0.2) is 70.5 Å². The normalized spacial score (nSPS) is 13.6. The molecule has 0 bridgehead atoms. The van der Waals surface area contributed by atoms with Gasteiger partial charge in [-0.05, 0) is 66.6 Å². The molecular formula is C24H22Cl3N3O5S2. The molecule has 0 fully saturated rings. The highest BCUT2D eigenvalue weighted by Crippen LogP contribution is 2.35. The third kappa shape index (κ3) is 5.74. The maximum atomic E-state index is 13.2. The Morgan fingerprint density at radius 1 is 0.946 bits per heavy atom. The number of fused-ring (bicyclic) bond motifs is 1. The first-order valence-corrected chi connectivity index (χ1v) is 15.1. The number of likely N-dealkylation sites (N-methyl/N-ethyl adjacent to an activating group) is 1. The van der Waals surface area contributed by atoms with E-state index in [4.69, 9.17) is 34.8 Å². The largest absolute Gasteiger partial charge is 0.325 e. The minimum atomic E-state index is -4.10. The number of nitrogens with zero attached hydrogens (tertiary/aromatic N) is 2. The number of hydrogen-bond acceptors (Lipinski definition) is 5. The van der Waals surface area contributed by atoms with Gasteiger partial charge in [-0.3, -0.25) is 9.10 Å². The molecule has 0 spiro atoms. The number of sulfonamides is 2. The first-order valence-electron chi connectivity index (χ1n) is 11.1. The maximum absolute atomic E-state index is 13.2. The summed E-state index contributed by atoms with van der Waals surface area (Å²) in [6.45, 7) is 1.37. The molecule has 0 aromatic heterocycles. The number of carbonyl (C=O) groups excluding carboxylic acids is 1. The zero-order valence-electron chi connectivity index (χ0n) is 19.5. The molecule has 0 aliphatic carbocycles. The number of amides is 1. The highest BCUT2D eigenvalue weighted by Gasteiger charge is 2.32. The van der Waals surface area contributed by atoms with E-state index in [9.17, 15) is 21.6 Å². The first-order chi connectivity index (χ1) is 17.4. The summed E-state index contributed by atoms with van der Waals surface area (Å²) in [7, 11) is -7.95. The zero-order valence-corrected chi connectivity index (χ0v) is 23.4. The van der Waals surface area contributed by atoms with E-state index in [-0.39, 0.29) is 32.9 Å². The Kier molecular flexibility index (Phi) is 8.08. The summed E-state index contributed by atoms with van der Waals surface area (Å²) in [4.78, 5) is 12.7. The molecule has 37 heavy (non-hydrogen) atoms. The van der Waals surface area contributed by atoms with Crippen LogP contribution in [0.3, 0.4) is 0 Å². The molecular weight excluding hydrogens is 581 g/mol. The second-order valence-corrected chi connectivity index (χ2v) is 13.2. The molecule has 1 aliphatic heterocycles. The topological polar surface area (TPSA) is 104 Å². The van der Waals surface area contributed by atoms with Crippen molar-refractivity contribution in [1.29, 1.82) is 0 Å². The van der Waals surface area contributed by atoms with Crippen molar-refractivity contribution in [2.24, 2.45) is 0 Å². The van der Waals surface area contributed by atoms with E-state index in [1.807, 2.05) is 0 Å². The molecule has 3 aromatic rings. The Hall–Kier alpha value is -2.34. The molecule has 196 valence electrons. The third-order valence-corrected chi connectivity index (χ3v) is 10.5. The Bertz CT molecular complexity index is 1560. The van der Waals surface area contributed by atoms with E-state index in [1.165, 1.54) is 46.8 Å². The van der Waals surface area contributed by atoms with Gasteiger partial charge in [0.05, 0.1) is 22.2 Å². The molecule has 4 rings (SSSR count). The Morgan fingerprint density at radius 3 is 2.30 bits per heavy atom. The smallest absolute Gasteiger partial charge is 0.264 e. The van der Waals surface area contributed by atoms with E-state index in [0.717, 1.165) is 9.87 Å². The molecule has 1 N–H and O–H groups in total. The van der Waals surface area contributed by atoms with E-state index >= 15 is 0 Å². The zero-order chi connectivity index (χ0) is 27.0. The van der Waals surface area contributed by atoms with Crippen molar-refractivity contribution in [3.8, 4) is 0 Å². The number of hydrogen-bond donors (Lipinski definition) is 1. The van der Waals surface area contributed by atoms with Crippen LogP contribution in [-0.4, -0.2) is 46.7 Å². The second kappa shape index (κ2) is 10.8. The summed E-state index contributed by atoms with van der Waals surface area (Å²) in [5, 5.41) is 3.27. The Morgan fingerprint density at radius 2 is 1.62 bits per heavy atom. The van der Waals surface area contributed by atoms with Gasteiger partial charge in [-0.2, -0.15) is 4.31 Å². The van der Waals surface area contributed by atoms with Crippen molar-refractivity contribution in [3.63, 3.8) is 0 Å². The number of nitrogens with one attached hydrogen (secondary N) is 1. The summed E-state index contributed by atoms with van der Waals surface area (Å²) >= 11 is 17.9. The lowest BCUT2D eigenvalue weighted by Gasteiger charge is -2.22. The summed E-state index contributed by atoms with van der Waals surface area (Å²) in [6, 6.07) is 14.9. The van der Waals surface area contributed by atoms with E-state index < -0.39 is 32.5 Å². The van der Waals surface area contributed by atoms with Crippen LogP contribution < -0.4 is 9.62 Å². The standard InChI is InChI=1S/C24H22Cl3N3O5S2/c1-2-29(37(34,35)23-13-18(26)6-10-21(23)27)15-24(31)28-19-7-3-16-11-12-30(22(16)14-19)36(32,33)20-8-4-17(25)5-9-20/h3-10,13-14H,2,11-12,15H2,1H3,(H,28,31). The Labute approximate surface area is 230 Å². The lowest BCUT2D eigenvalue weighted by molar-refractivity contribution is -0.116. The molecule has 0 radical (unpaired) electrons. The average Bonchev–Trinajstić information content (AvgIpc) is 3.28. The van der Waals surface area contributed by atoms with Gasteiger partial charge in [0.2, 0.25) is 15.9 Å². The summed E-state index contributed by atoms with van der Waals surface area (Å²) in [5.41, 5.74) is 1.58. The van der Waals surface area contributed by atoms with Crippen LogP contribution in [0.1, 0.15) is 12.5 Å². The number of anilines is 2. The minimum Gasteiger partial charge on any atom is -0.325 e. The molecule has 1 amide bonds. The van der Waals surface area contributed by atoms with Crippen molar-refractivity contribution in [2.45, 2.75) is 23.1 Å². The van der Waals surface area contributed by atoms with Crippen LogP contribution in [0.4, 0.5) is 11.4 Å². The highest BCUT2D eigenvalue weighted by atomic mass is 35.5. The van der Waals surface area contributed by atoms with E-state index in [0.29, 0.717) is 22.8 Å². The minimum absolute atomic E-state index is 0.00982. The quantitative estimate of drug-likeness (QED) is 0.389. The van der Waals surface area contributed by atoms with Gasteiger partial charge in [-0.15, -0.1) is 0 Å². The van der Waals surface area contributed by atoms with Gasteiger partial charge >= 0.3 is 0 Å². The third-order valence-electron chi connectivity index (χ3n) is 5.81. The summed E-state index contributed by atoms with van der Waals surface area (Å²) in [6.07, 6.45) is 0.513. The molecule has 0 saturated carbocycles. The number of rotatable bonds is 8. The molecule has 1 aliphatic rings. The first kappa shape index (κ1) is 27.7. The summed E-state index contributed by atoms with van der Waals surface area (Å²) < 4.78 is 54.9. The molecule has 8 nitrogen and oxygen atoms in total. The van der Waals surface area contributed by atoms with Crippen LogP contribution >= 0.6 is 34.8 Å². The van der Waals surface area contributed by atoms with Crippen molar-refractivity contribution in [1.82, 2.24) is 4.31 Å². The van der Waals surface area contributed by atoms with Crippen LogP contribution in [0.25, 0.3) is 0 Å². The van der Waals surface area contributed by atoms with Crippen molar-refractivity contribution in [2.75, 3.05) is 29.3 Å². The molecule has 0 atom stereocenters. The fourth-order valence-electron chi connectivity index (χ4n) is 3.95. The monoisotopic (exact) mass is 601 g/mol. The van der Waals surface area contributed by atoms with Crippen LogP contribution in [-0.2, 0) is 31.3 Å². The van der Waals surface area contributed by atoms with Gasteiger partial charge in [0.25, 0.3) is 10.0 Å². The molecule has 1 heterocycles. The van der Waals surface area contributed by atoms with Gasteiger partial charge in [-0.1, -0.05) is 47.8 Å². The summed E-state index contributed by atoms with van der Waals surface area (Å²) in [5.74, 6) is -0.603. The van der Waals surface area contributed by atoms with Crippen molar-refractivity contribution >= 4 is 72.1 Å². The fourth-order valence-corrected chi connectivity index (χ4v) is 7.72. The number of halogens is 3. The van der Waals surface area contributed by atoms with Crippen LogP contribution in [0.5, 0.6) is 0 Å². The van der Waals surface area contributed by atoms with Gasteiger partial charge in [-0.25, -0.2) is 16.8 Å². The maximum Gasteiger partial charge on any atom is 0.264 e. The highest BCUT2D eigenvalue weighted by molar-refractivity contribution is 7.92. The SMILES string of the molecule is CCN(CC(=O)Nc1ccc2c(c1)N(S(=O)(=O)c1ccc(Cl)cc1)CC2)S(=O)(=O)c1cc(Cl)ccc1Cl. The van der Waals surface area contributed by atoms with Gasteiger partial charge in [0.15, 0.2) is 0 Å². The molecule has 3 aromatic carbocycles. The average molecular weight is 603 g/mol. The van der Waals surface area contributed by atoms with Crippen LogP contribution in [0.2, 0.25) is 15.1 Å². The number of benzene rings is 3. The Balaban J connectivity index is 1.54. The fraction of sp³-hybridized carbons (Fsp3) is 0.208. The van der Waals surface area contributed by atoms with E-state index in [2.05, 4.69) is 5.32 Å². The molecule has 13 heteroatoms. The number of carbonyl (C=O) groups is 1. The van der Waals surface area contributed by atoms with E-state index in [1.54, 1.807) is 25.1 Å². The molecule has 0 unspecified atom stereocenters. The lowest BCUT2D eigenvalue weighted by Crippen LogP contribution is -2.38. The lowest BCUT2D eigenvalue weighted by atomic mass is 10.1. The van der Waals surface area contributed by atoms with Crippen LogP contribution in [0, 0.1) is 0 Å². The second-order valence-electron chi connectivity index (χ2n) is 8.18. The van der Waals surface area contributed by atoms with Crippen molar-refractivity contribution < 1.29 is 21.6 Å². The van der Waals surface area contributed by atoms with Gasteiger partial charge < -0.3 is 5.32 Å². The molecule has 0 saturated heterocycles. The predicted molar refractivity (Wildman–Crippen MR) is 146 cm³/mol. The van der Waals surface area contributed by atoms with Crippen molar-refractivity contribution in [3.05, 3.63) is 81.3 Å². The van der Waals surface area contributed by atoms with Gasteiger partial charge in [0.1, 0.15) is 4.90 Å². The van der Waals surface area contributed by atoms with Gasteiger partial charge in [0, 0.05) is 28.8 Å². The predicted octanol–water partition coefficient (Wildman–Crippen LogP) is 5.05.